The van der Waals surface area contributed by atoms with E-state index in [2.05, 4.69) is 10.6 Å². The van der Waals surface area contributed by atoms with Crippen molar-refractivity contribution in [1.82, 2.24) is 15.5 Å². The van der Waals surface area contributed by atoms with Crippen molar-refractivity contribution in [2.24, 2.45) is 17.8 Å². The number of aliphatic carboxylic acids is 1. The summed E-state index contributed by atoms with van der Waals surface area (Å²) in [6, 6.07) is -2.22. The van der Waals surface area contributed by atoms with Gasteiger partial charge in [0, 0.05) is 6.54 Å². The number of aliphatic hydroxyl groups is 1. The van der Waals surface area contributed by atoms with E-state index in [0.29, 0.717) is 13.0 Å². The molecule has 0 aromatic carbocycles. The lowest BCUT2D eigenvalue weighted by Gasteiger charge is -2.33. The number of carboxylic acid groups (broad SMARTS) is 1. The van der Waals surface area contributed by atoms with Crippen molar-refractivity contribution in [3.05, 3.63) is 0 Å². The van der Waals surface area contributed by atoms with Gasteiger partial charge in [-0.2, -0.15) is 0 Å². The SMILES string of the molecule is CC(C)CC(NC(=O)OC(C)(C)C)C(O)CN(CC(C)C)C(=O)N[C@H](C(=O)O)C(C)C. The maximum absolute atomic E-state index is 12.8. The van der Waals surface area contributed by atoms with Gasteiger partial charge in [0.25, 0.3) is 0 Å². The van der Waals surface area contributed by atoms with E-state index in [0.717, 1.165) is 0 Å². The Bertz CT molecular complexity index is 586. The fraction of sp³-hybridized carbons (Fsp3) is 0.864. The number of amides is 3. The third-order valence-electron chi connectivity index (χ3n) is 4.38. The van der Waals surface area contributed by atoms with E-state index < -0.39 is 41.9 Å². The molecule has 0 bridgehead atoms. The smallest absolute Gasteiger partial charge is 0.407 e. The zero-order valence-electron chi connectivity index (χ0n) is 20.6. The van der Waals surface area contributed by atoms with Crippen LogP contribution in [0.3, 0.4) is 0 Å². The second kappa shape index (κ2) is 12.7. The van der Waals surface area contributed by atoms with Crippen LogP contribution in [0.5, 0.6) is 0 Å². The van der Waals surface area contributed by atoms with E-state index in [1.165, 1.54) is 4.90 Å². The Morgan fingerprint density at radius 1 is 0.935 bits per heavy atom. The molecular formula is C22H43N3O6. The van der Waals surface area contributed by atoms with Crippen LogP contribution in [0.15, 0.2) is 0 Å². The summed E-state index contributed by atoms with van der Waals surface area (Å²) in [5, 5.41) is 25.5. The summed E-state index contributed by atoms with van der Waals surface area (Å²) in [6.07, 6.45) is -1.20. The average Bonchev–Trinajstić information content (AvgIpc) is 2.54. The number of ether oxygens (including phenoxy) is 1. The standard InChI is InChI=1S/C22H43N3O6/c1-13(2)10-16(23-21(30)31-22(7,8)9)17(26)12-25(11-14(3)4)20(29)24-18(15(5)6)19(27)28/h13-18,26H,10-12H2,1-9H3,(H,23,30)(H,24,29)(H,27,28)/t16?,17?,18-/m0/s1. The van der Waals surface area contributed by atoms with Gasteiger partial charge in [0.2, 0.25) is 0 Å². The summed E-state index contributed by atoms with van der Waals surface area (Å²) in [5.41, 5.74) is -0.677. The van der Waals surface area contributed by atoms with Gasteiger partial charge in [-0.15, -0.1) is 0 Å². The number of rotatable bonds is 11. The third kappa shape index (κ3) is 12.4. The van der Waals surface area contributed by atoms with Crippen molar-refractivity contribution in [2.45, 2.75) is 92.5 Å². The van der Waals surface area contributed by atoms with Gasteiger partial charge < -0.3 is 30.5 Å². The minimum absolute atomic E-state index is 0.0539. The molecule has 0 aliphatic carbocycles. The zero-order valence-corrected chi connectivity index (χ0v) is 20.6. The van der Waals surface area contributed by atoms with Crippen LogP contribution in [0.4, 0.5) is 9.59 Å². The van der Waals surface area contributed by atoms with Gasteiger partial charge >= 0.3 is 18.1 Å². The minimum Gasteiger partial charge on any atom is -0.480 e. The Morgan fingerprint density at radius 2 is 1.48 bits per heavy atom. The first-order valence-corrected chi connectivity index (χ1v) is 11.0. The van der Waals surface area contributed by atoms with E-state index >= 15 is 0 Å². The molecule has 0 aliphatic rings. The molecular weight excluding hydrogens is 402 g/mol. The molecule has 0 radical (unpaired) electrons. The van der Waals surface area contributed by atoms with Gasteiger partial charge in [0.1, 0.15) is 11.6 Å². The lowest BCUT2D eigenvalue weighted by molar-refractivity contribution is -0.140. The fourth-order valence-electron chi connectivity index (χ4n) is 3.05. The van der Waals surface area contributed by atoms with Crippen LogP contribution in [0, 0.1) is 17.8 Å². The van der Waals surface area contributed by atoms with Crippen molar-refractivity contribution >= 4 is 18.1 Å². The molecule has 0 aromatic rings. The summed E-state index contributed by atoms with van der Waals surface area (Å²) in [6.45, 7) is 16.7. The number of nitrogens with zero attached hydrogens (tertiary/aromatic N) is 1. The molecule has 182 valence electrons. The van der Waals surface area contributed by atoms with Gasteiger partial charge in [-0.3, -0.25) is 0 Å². The molecule has 9 heteroatoms. The third-order valence-corrected chi connectivity index (χ3v) is 4.38. The number of carbonyl (C=O) groups is 3. The second-order valence-corrected chi connectivity index (χ2v) is 10.3. The monoisotopic (exact) mass is 445 g/mol. The van der Waals surface area contributed by atoms with E-state index in [1.807, 2.05) is 27.7 Å². The molecule has 0 heterocycles. The van der Waals surface area contributed by atoms with Gasteiger partial charge in [0.15, 0.2) is 0 Å². The number of carbonyl (C=O) groups excluding carboxylic acids is 2. The van der Waals surface area contributed by atoms with Gasteiger partial charge in [-0.05, 0) is 44.9 Å². The summed E-state index contributed by atoms with van der Waals surface area (Å²) in [4.78, 5) is 37.9. The van der Waals surface area contributed by atoms with E-state index in [4.69, 9.17) is 4.74 Å². The van der Waals surface area contributed by atoms with Crippen molar-refractivity contribution < 1.29 is 29.3 Å². The number of nitrogens with one attached hydrogen (secondary N) is 2. The molecule has 0 spiro atoms. The number of urea groups is 1. The number of hydrogen-bond acceptors (Lipinski definition) is 5. The molecule has 0 aliphatic heterocycles. The van der Waals surface area contributed by atoms with Crippen molar-refractivity contribution in [3.63, 3.8) is 0 Å². The molecule has 3 atom stereocenters. The topological polar surface area (TPSA) is 128 Å². The Morgan fingerprint density at radius 3 is 1.87 bits per heavy atom. The van der Waals surface area contributed by atoms with Crippen LogP contribution >= 0.6 is 0 Å². The normalized spacial score (nSPS) is 14.9. The fourth-order valence-corrected chi connectivity index (χ4v) is 3.05. The molecule has 0 aromatic heterocycles. The molecule has 31 heavy (non-hydrogen) atoms. The van der Waals surface area contributed by atoms with Crippen molar-refractivity contribution in [3.8, 4) is 0 Å². The van der Waals surface area contributed by atoms with Gasteiger partial charge in [0.05, 0.1) is 18.7 Å². The molecule has 2 unspecified atom stereocenters. The van der Waals surface area contributed by atoms with Crippen LogP contribution < -0.4 is 10.6 Å². The van der Waals surface area contributed by atoms with E-state index in [9.17, 15) is 24.6 Å². The zero-order chi connectivity index (χ0) is 24.5. The van der Waals surface area contributed by atoms with Crippen LogP contribution in [0.2, 0.25) is 0 Å². The predicted molar refractivity (Wildman–Crippen MR) is 120 cm³/mol. The Labute approximate surface area is 186 Å². The van der Waals surface area contributed by atoms with Gasteiger partial charge in [-0.1, -0.05) is 41.5 Å². The molecule has 0 fully saturated rings. The van der Waals surface area contributed by atoms with Crippen LogP contribution in [0.25, 0.3) is 0 Å². The second-order valence-electron chi connectivity index (χ2n) is 10.3. The van der Waals surface area contributed by atoms with E-state index in [1.54, 1.807) is 34.6 Å². The Hall–Kier alpha value is -2.03. The quantitative estimate of drug-likeness (QED) is 0.387. The minimum atomic E-state index is -1.11. The number of carboxylic acids is 1. The van der Waals surface area contributed by atoms with E-state index in [-0.39, 0.29) is 24.3 Å². The summed E-state index contributed by atoms with van der Waals surface area (Å²) in [7, 11) is 0. The Kier molecular flexibility index (Phi) is 11.9. The van der Waals surface area contributed by atoms with Crippen LogP contribution in [0.1, 0.15) is 68.7 Å². The first-order valence-electron chi connectivity index (χ1n) is 11.0. The maximum atomic E-state index is 12.8. The van der Waals surface area contributed by atoms with Gasteiger partial charge in [-0.25, -0.2) is 14.4 Å². The molecule has 0 rings (SSSR count). The van der Waals surface area contributed by atoms with Crippen molar-refractivity contribution in [2.75, 3.05) is 13.1 Å². The lowest BCUT2D eigenvalue weighted by atomic mass is 9.98. The molecule has 4 N–H and O–H groups in total. The summed E-state index contributed by atoms with van der Waals surface area (Å²) < 4.78 is 5.30. The molecule has 3 amide bonds. The average molecular weight is 446 g/mol. The number of aliphatic hydroxyl groups excluding tert-OH is 1. The van der Waals surface area contributed by atoms with Crippen LogP contribution in [-0.4, -0.2) is 70.1 Å². The van der Waals surface area contributed by atoms with Crippen LogP contribution in [-0.2, 0) is 9.53 Å². The highest BCUT2D eigenvalue weighted by molar-refractivity contribution is 5.82. The number of alkyl carbamates (subject to hydrolysis) is 1. The summed E-state index contributed by atoms with van der Waals surface area (Å²) in [5.74, 6) is -1.13. The maximum Gasteiger partial charge on any atom is 0.407 e. The highest BCUT2D eigenvalue weighted by Gasteiger charge is 2.31. The largest absolute Gasteiger partial charge is 0.480 e. The highest BCUT2D eigenvalue weighted by Crippen LogP contribution is 2.14. The molecule has 0 saturated heterocycles. The lowest BCUT2D eigenvalue weighted by Crippen LogP contribution is -2.55. The first kappa shape index (κ1) is 29.0. The summed E-state index contributed by atoms with van der Waals surface area (Å²) >= 11 is 0. The highest BCUT2D eigenvalue weighted by atomic mass is 16.6. The van der Waals surface area contributed by atoms with Crippen molar-refractivity contribution in [1.29, 1.82) is 0 Å². The predicted octanol–water partition coefficient (Wildman–Crippen LogP) is 3.06. The molecule has 9 nitrogen and oxygen atoms in total. The number of hydrogen-bond donors (Lipinski definition) is 4. The molecule has 0 saturated carbocycles. The first-order chi connectivity index (χ1) is 14.0. The Balaban J connectivity index is 5.44.